The first kappa shape index (κ1) is 26.3. The number of imidazole rings is 1. The van der Waals surface area contributed by atoms with Crippen LogP contribution >= 0.6 is 11.6 Å². The number of aromatic nitrogens is 9. The lowest BCUT2D eigenvalue weighted by molar-refractivity contribution is 0.107. The minimum absolute atomic E-state index is 0.143. The number of carbonyl (C=O) groups is 1. The number of halogens is 1. The van der Waals surface area contributed by atoms with Crippen molar-refractivity contribution < 1.29 is 14.3 Å². The number of benzene rings is 1. The van der Waals surface area contributed by atoms with E-state index in [-0.39, 0.29) is 18.2 Å². The van der Waals surface area contributed by atoms with Crippen molar-refractivity contribution in [2.24, 2.45) is 0 Å². The molecule has 5 aromatic rings. The predicted octanol–water partition coefficient (Wildman–Crippen LogP) is 3.06. The van der Waals surface area contributed by atoms with E-state index in [0.717, 1.165) is 11.3 Å². The normalized spacial score (nSPS) is 14.1. The lowest BCUT2D eigenvalue weighted by Crippen LogP contribution is -2.25. The van der Waals surface area contributed by atoms with Gasteiger partial charge in [0, 0.05) is 41.9 Å². The second-order valence-electron chi connectivity index (χ2n) is 9.10. The van der Waals surface area contributed by atoms with E-state index in [9.17, 15) is 9.59 Å². The molecule has 14 nitrogen and oxygen atoms in total. The number of hydrogen-bond acceptors (Lipinski definition) is 10. The maximum atomic E-state index is 13.4. The van der Waals surface area contributed by atoms with E-state index in [1.165, 1.54) is 24.2 Å². The highest BCUT2D eigenvalue weighted by atomic mass is 35.5. The number of fused-ring (bicyclic) bond motifs is 1. The summed E-state index contributed by atoms with van der Waals surface area (Å²) in [5.41, 5.74) is 3.05. The van der Waals surface area contributed by atoms with Crippen LogP contribution in [0.15, 0.2) is 59.9 Å². The number of anilines is 1. The molecule has 6 rings (SSSR count). The Balaban J connectivity index is 1.22. The summed E-state index contributed by atoms with van der Waals surface area (Å²) < 4.78 is 13.0. The Bertz CT molecular complexity index is 1750. The monoisotopic (exact) mass is 574 g/mol. The zero-order valence-corrected chi connectivity index (χ0v) is 22.4. The molecule has 2 N–H and O–H groups in total. The number of methoxy groups -OCH3 is 1. The number of tetrazole rings is 1. The summed E-state index contributed by atoms with van der Waals surface area (Å²) in [5, 5.41) is 14.4. The number of ether oxygens (including phenoxy) is 2. The fourth-order valence-electron chi connectivity index (χ4n) is 4.66. The molecular weight excluding hydrogens is 552 g/mol. The van der Waals surface area contributed by atoms with Crippen LogP contribution < -0.4 is 10.9 Å². The zero-order valence-electron chi connectivity index (χ0n) is 21.7. The molecule has 1 aliphatic heterocycles. The van der Waals surface area contributed by atoms with Crippen LogP contribution in [0, 0.1) is 0 Å². The van der Waals surface area contributed by atoms with Crippen LogP contribution in [0.3, 0.4) is 0 Å². The fourth-order valence-corrected chi connectivity index (χ4v) is 4.84. The van der Waals surface area contributed by atoms with Crippen LogP contribution in [0.25, 0.3) is 28.2 Å². The van der Waals surface area contributed by atoms with Gasteiger partial charge in [-0.3, -0.25) is 14.7 Å². The van der Waals surface area contributed by atoms with Crippen LogP contribution in [0.1, 0.15) is 24.1 Å². The Morgan fingerprint density at radius 1 is 1.17 bits per heavy atom. The van der Waals surface area contributed by atoms with Gasteiger partial charge in [0.1, 0.15) is 30.4 Å². The van der Waals surface area contributed by atoms with Gasteiger partial charge < -0.3 is 14.5 Å². The summed E-state index contributed by atoms with van der Waals surface area (Å²) in [7, 11) is 1.52. The highest BCUT2D eigenvalue weighted by Crippen LogP contribution is 2.32. The van der Waals surface area contributed by atoms with E-state index < -0.39 is 6.09 Å². The number of aromatic amines is 1. The molecule has 1 aliphatic rings. The summed E-state index contributed by atoms with van der Waals surface area (Å²) >= 11 is 6.28. The molecule has 4 aromatic heterocycles. The summed E-state index contributed by atoms with van der Waals surface area (Å²) in [4.78, 5) is 42.2. The molecule has 208 valence electrons. The summed E-state index contributed by atoms with van der Waals surface area (Å²) in [5.74, 6) is 1.63. The largest absolute Gasteiger partial charge is 0.447 e. The summed E-state index contributed by atoms with van der Waals surface area (Å²) in [6.45, 7) is 0.450. The smallest absolute Gasteiger partial charge is 0.412 e. The first-order valence-electron chi connectivity index (χ1n) is 12.6. The molecule has 5 heterocycles. The minimum atomic E-state index is -0.616. The van der Waals surface area contributed by atoms with E-state index in [4.69, 9.17) is 26.1 Å². The van der Waals surface area contributed by atoms with E-state index >= 15 is 0 Å². The number of nitrogens with one attached hydrogen (secondary N) is 2. The van der Waals surface area contributed by atoms with Crippen LogP contribution in [0.4, 0.5) is 10.6 Å². The molecule has 0 bridgehead atoms. The van der Waals surface area contributed by atoms with E-state index in [1.807, 2.05) is 0 Å². The van der Waals surface area contributed by atoms with Crippen molar-refractivity contribution in [3.8, 4) is 28.2 Å². The zero-order chi connectivity index (χ0) is 28.3. The third-order valence-corrected chi connectivity index (χ3v) is 6.78. The molecule has 0 saturated carbocycles. The first-order chi connectivity index (χ1) is 20.0. The van der Waals surface area contributed by atoms with Gasteiger partial charge in [0.25, 0.3) is 5.56 Å². The van der Waals surface area contributed by atoms with E-state index in [2.05, 4.69) is 35.8 Å². The molecule has 1 aromatic carbocycles. The Kier molecular flexibility index (Phi) is 7.22. The van der Waals surface area contributed by atoms with E-state index in [1.54, 1.807) is 47.3 Å². The maximum Gasteiger partial charge on any atom is 0.412 e. The van der Waals surface area contributed by atoms with Crippen LogP contribution in [0.2, 0.25) is 5.02 Å². The van der Waals surface area contributed by atoms with Crippen molar-refractivity contribution in [1.82, 2.24) is 44.7 Å². The number of carbonyl (C=O) groups excluding carboxylic acids is 1. The first-order valence-corrected chi connectivity index (χ1v) is 13.0. The van der Waals surface area contributed by atoms with Crippen LogP contribution in [-0.4, -0.2) is 71.1 Å². The summed E-state index contributed by atoms with van der Waals surface area (Å²) in [6.07, 6.45) is 5.39. The van der Waals surface area contributed by atoms with Crippen molar-refractivity contribution >= 4 is 23.5 Å². The van der Waals surface area contributed by atoms with Gasteiger partial charge in [-0.2, -0.15) is 4.68 Å². The maximum absolute atomic E-state index is 13.4. The number of aryl methyl sites for hydroxylation is 1. The molecule has 0 spiro atoms. The van der Waals surface area contributed by atoms with Crippen LogP contribution in [-0.2, 0) is 15.9 Å². The SMILES string of the molecule is COCCOC(=O)Nc1ccc(-c2cnc([C@@H]3CCc4nc(-c5cc(Cl)ccc5-n5cnnn5)cc(=O)n43)[nH]2)cn1. The molecule has 1 atom stereocenters. The molecule has 0 radical (unpaired) electrons. The third kappa shape index (κ3) is 5.42. The van der Waals surface area contributed by atoms with Gasteiger partial charge in [0.05, 0.1) is 35.9 Å². The Morgan fingerprint density at radius 2 is 2.07 bits per heavy atom. The van der Waals surface area contributed by atoms with Gasteiger partial charge in [-0.1, -0.05) is 11.6 Å². The summed E-state index contributed by atoms with van der Waals surface area (Å²) in [6, 6.07) is 9.88. The van der Waals surface area contributed by atoms with Crippen molar-refractivity contribution in [2.75, 3.05) is 25.6 Å². The van der Waals surface area contributed by atoms with Crippen molar-refractivity contribution in [3.05, 3.63) is 82.1 Å². The molecule has 15 heteroatoms. The molecule has 0 unspecified atom stereocenters. The number of amides is 1. The molecule has 41 heavy (non-hydrogen) atoms. The number of H-pyrrole nitrogens is 1. The van der Waals surface area contributed by atoms with Crippen molar-refractivity contribution in [1.29, 1.82) is 0 Å². The Hall–Kier alpha value is -4.95. The average Bonchev–Trinajstić information content (AvgIpc) is 3.75. The molecule has 0 fully saturated rings. The van der Waals surface area contributed by atoms with Gasteiger partial charge >= 0.3 is 6.09 Å². The molecular formula is C26H23ClN10O4. The van der Waals surface area contributed by atoms with Gasteiger partial charge in [-0.25, -0.2) is 19.7 Å². The lowest BCUT2D eigenvalue weighted by Gasteiger charge is -2.14. The Morgan fingerprint density at radius 3 is 2.85 bits per heavy atom. The third-order valence-electron chi connectivity index (χ3n) is 6.54. The standard InChI is InChI=1S/C26H23ClN10O4/c1-40-8-9-41-26(39)33-22-6-2-15(12-28-22)19-13-29-25(32-19)21-5-7-23-31-18(11-24(38)37(21)23)17-10-16(27)3-4-20(17)36-14-30-34-35-36/h2-4,6,10-14,21H,5,7-9H2,1H3,(H,29,32)(H,28,33,39)/t21-/m0/s1. The van der Waals surface area contributed by atoms with Crippen molar-refractivity contribution in [3.63, 3.8) is 0 Å². The number of hydrogen-bond donors (Lipinski definition) is 2. The van der Waals surface area contributed by atoms with Gasteiger partial charge in [-0.05, 0) is 47.2 Å². The van der Waals surface area contributed by atoms with Gasteiger partial charge in [0.15, 0.2) is 0 Å². The molecule has 0 aliphatic carbocycles. The predicted molar refractivity (Wildman–Crippen MR) is 147 cm³/mol. The lowest BCUT2D eigenvalue weighted by atomic mass is 10.1. The van der Waals surface area contributed by atoms with E-state index in [0.29, 0.717) is 58.9 Å². The Labute approximate surface area is 237 Å². The minimum Gasteiger partial charge on any atom is -0.447 e. The number of pyridine rings is 1. The molecule has 1 amide bonds. The topological polar surface area (TPSA) is 168 Å². The highest BCUT2D eigenvalue weighted by molar-refractivity contribution is 6.31. The van der Waals surface area contributed by atoms with Gasteiger partial charge in [0.2, 0.25) is 0 Å². The van der Waals surface area contributed by atoms with Crippen LogP contribution in [0.5, 0.6) is 0 Å². The van der Waals surface area contributed by atoms with Crippen molar-refractivity contribution in [2.45, 2.75) is 18.9 Å². The number of rotatable bonds is 8. The average molecular weight is 575 g/mol. The highest BCUT2D eigenvalue weighted by Gasteiger charge is 2.29. The second kappa shape index (κ2) is 11.3. The van der Waals surface area contributed by atoms with Gasteiger partial charge in [-0.15, -0.1) is 5.10 Å². The quantitative estimate of drug-likeness (QED) is 0.263. The fraction of sp³-hybridized carbons (Fsp3) is 0.231. The second-order valence-corrected chi connectivity index (χ2v) is 9.54. The number of nitrogens with zero attached hydrogens (tertiary/aromatic N) is 8. The molecule has 0 saturated heterocycles.